The molecule has 2 aromatic rings. The number of carbonyl (C=O) groups is 1. The van der Waals surface area contributed by atoms with E-state index in [0.717, 1.165) is 41.8 Å². The SMILES string of the molecule is CN1CCCN(c2cc(CN)c3ccccc3n2)CC1=O. The van der Waals surface area contributed by atoms with Crippen molar-refractivity contribution in [1.29, 1.82) is 0 Å². The maximum absolute atomic E-state index is 12.0. The van der Waals surface area contributed by atoms with Gasteiger partial charge >= 0.3 is 0 Å². The van der Waals surface area contributed by atoms with E-state index in [-0.39, 0.29) is 5.91 Å². The summed E-state index contributed by atoms with van der Waals surface area (Å²) in [4.78, 5) is 20.6. The van der Waals surface area contributed by atoms with E-state index in [0.29, 0.717) is 13.1 Å². The molecule has 5 nitrogen and oxygen atoms in total. The molecule has 1 aliphatic rings. The van der Waals surface area contributed by atoms with Crippen LogP contribution >= 0.6 is 0 Å². The molecule has 0 atom stereocenters. The summed E-state index contributed by atoms with van der Waals surface area (Å²) in [5.41, 5.74) is 7.87. The number of benzene rings is 1. The van der Waals surface area contributed by atoms with E-state index in [4.69, 9.17) is 10.7 Å². The number of hydrogen-bond donors (Lipinski definition) is 1. The number of hydrogen-bond acceptors (Lipinski definition) is 4. The Labute approximate surface area is 124 Å². The topological polar surface area (TPSA) is 62.5 Å². The molecule has 0 spiro atoms. The highest BCUT2D eigenvalue weighted by molar-refractivity contribution is 5.86. The Morgan fingerprint density at radius 2 is 2.10 bits per heavy atom. The lowest BCUT2D eigenvalue weighted by Gasteiger charge is -2.22. The minimum Gasteiger partial charge on any atom is -0.347 e. The molecule has 1 amide bonds. The van der Waals surface area contributed by atoms with Gasteiger partial charge in [0.25, 0.3) is 0 Å². The van der Waals surface area contributed by atoms with Crippen LogP contribution in [0, 0.1) is 0 Å². The normalized spacial score (nSPS) is 16.4. The minimum absolute atomic E-state index is 0.136. The Kier molecular flexibility index (Phi) is 3.75. The van der Waals surface area contributed by atoms with E-state index >= 15 is 0 Å². The Morgan fingerprint density at radius 1 is 1.29 bits per heavy atom. The second-order valence-electron chi connectivity index (χ2n) is 5.45. The maximum Gasteiger partial charge on any atom is 0.241 e. The lowest BCUT2D eigenvalue weighted by Crippen LogP contribution is -2.34. The van der Waals surface area contributed by atoms with Gasteiger partial charge in [-0.1, -0.05) is 18.2 Å². The average molecular weight is 284 g/mol. The van der Waals surface area contributed by atoms with Gasteiger partial charge in [-0.25, -0.2) is 4.98 Å². The zero-order valence-corrected chi connectivity index (χ0v) is 12.2. The van der Waals surface area contributed by atoms with Gasteiger partial charge in [-0.15, -0.1) is 0 Å². The van der Waals surface area contributed by atoms with Crippen molar-refractivity contribution in [2.75, 3.05) is 31.6 Å². The average Bonchev–Trinajstić information content (AvgIpc) is 2.68. The van der Waals surface area contributed by atoms with Gasteiger partial charge < -0.3 is 15.5 Å². The minimum atomic E-state index is 0.136. The Balaban J connectivity index is 2.01. The summed E-state index contributed by atoms with van der Waals surface area (Å²) in [5, 5.41) is 1.09. The number of amides is 1. The molecule has 0 aliphatic carbocycles. The van der Waals surface area contributed by atoms with Gasteiger partial charge in [0, 0.05) is 32.1 Å². The van der Waals surface area contributed by atoms with Gasteiger partial charge in [0.1, 0.15) is 5.82 Å². The highest BCUT2D eigenvalue weighted by atomic mass is 16.2. The van der Waals surface area contributed by atoms with Crippen LogP contribution in [0.2, 0.25) is 0 Å². The molecule has 0 unspecified atom stereocenters. The molecular formula is C16H20N4O. The smallest absolute Gasteiger partial charge is 0.241 e. The number of fused-ring (bicyclic) bond motifs is 1. The number of aromatic nitrogens is 1. The van der Waals surface area contributed by atoms with Gasteiger partial charge in [-0.2, -0.15) is 0 Å². The first-order valence-electron chi connectivity index (χ1n) is 7.26. The van der Waals surface area contributed by atoms with Crippen molar-refractivity contribution in [2.24, 2.45) is 5.73 Å². The number of pyridine rings is 1. The number of rotatable bonds is 2. The molecule has 21 heavy (non-hydrogen) atoms. The van der Waals surface area contributed by atoms with Crippen molar-refractivity contribution in [3.05, 3.63) is 35.9 Å². The molecule has 1 fully saturated rings. The van der Waals surface area contributed by atoms with Crippen LogP contribution in [0.1, 0.15) is 12.0 Å². The van der Waals surface area contributed by atoms with E-state index in [2.05, 4.69) is 4.90 Å². The molecule has 1 aromatic heterocycles. The van der Waals surface area contributed by atoms with Crippen LogP contribution in [0.25, 0.3) is 10.9 Å². The monoisotopic (exact) mass is 284 g/mol. The van der Waals surface area contributed by atoms with Crippen LogP contribution in [0.15, 0.2) is 30.3 Å². The van der Waals surface area contributed by atoms with Crippen molar-refractivity contribution < 1.29 is 4.79 Å². The van der Waals surface area contributed by atoms with Gasteiger partial charge in [-0.3, -0.25) is 4.79 Å². The summed E-state index contributed by atoms with van der Waals surface area (Å²) in [7, 11) is 1.85. The lowest BCUT2D eigenvalue weighted by atomic mass is 10.1. The van der Waals surface area contributed by atoms with Crippen molar-refractivity contribution in [1.82, 2.24) is 9.88 Å². The summed E-state index contributed by atoms with van der Waals surface area (Å²) >= 11 is 0. The first-order valence-corrected chi connectivity index (χ1v) is 7.26. The van der Waals surface area contributed by atoms with E-state index in [9.17, 15) is 4.79 Å². The van der Waals surface area contributed by atoms with Crippen LogP contribution in [-0.4, -0.2) is 42.5 Å². The van der Waals surface area contributed by atoms with Crippen molar-refractivity contribution in [3.63, 3.8) is 0 Å². The molecule has 3 rings (SSSR count). The van der Waals surface area contributed by atoms with Crippen molar-refractivity contribution >= 4 is 22.6 Å². The number of para-hydroxylation sites is 1. The lowest BCUT2D eigenvalue weighted by molar-refractivity contribution is -0.127. The summed E-state index contributed by atoms with van der Waals surface area (Å²) < 4.78 is 0. The third-order valence-corrected chi connectivity index (χ3v) is 4.01. The summed E-state index contributed by atoms with van der Waals surface area (Å²) in [6.45, 7) is 2.49. The summed E-state index contributed by atoms with van der Waals surface area (Å²) in [6, 6.07) is 10.0. The van der Waals surface area contributed by atoms with Gasteiger partial charge in [-0.05, 0) is 24.1 Å². The highest BCUT2D eigenvalue weighted by Gasteiger charge is 2.20. The van der Waals surface area contributed by atoms with E-state index < -0.39 is 0 Å². The highest BCUT2D eigenvalue weighted by Crippen LogP contribution is 2.23. The van der Waals surface area contributed by atoms with Crippen LogP contribution in [0.5, 0.6) is 0 Å². The Bertz CT molecular complexity index is 670. The van der Waals surface area contributed by atoms with Crippen molar-refractivity contribution in [2.45, 2.75) is 13.0 Å². The van der Waals surface area contributed by atoms with Crippen LogP contribution in [0.4, 0.5) is 5.82 Å². The first-order chi connectivity index (χ1) is 10.2. The first kappa shape index (κ1) is 13.8. The Morgan fingerprint density at radius 3 is 2.90 bits per heavy atom. The molecule has 0 radical (unpaired) electrons. The molecule has 5 heteroatoms. The molecule has 1 aromatic carbocycles. The fraction of sp³-hybridized carbons (Fsp3) is 0.375. The molecule has 1 saturated heterocycles. The fourth-order valence-corrected chi connectivity index (χ4v) is 2.74. The fourth-order valence-electron chi connectivity index (χ4n) is 2.74. The van der Waals surface area contributed by atoms with E-state index in [1.54, 1.807) is 4.90 Å². The zero-order chi connectivity index (χ0) is 14.8. The number of anilines is 1. The molecular weight excluding hydrogens is 264 g/mol. The molecule has 2 heterocycles. The number of nitrogens with zero attached hydrogens (tertiary/aromatic N) is 3. The predicted molar refractivity (Wildman–Crippen MR) is 84.1 cm³/mol. The van der Waals surface area contributed by atoms with Gasteiger partial charge in [0.15, 0.2) is 0 Å². The van der Waals surface area contributed by atoms with E-state index in [1.807, 2.05) is 37.4 Å². The molecule has 110 valence electrons. The van der Waals surface area contributed by atoms with Crippen LogP contribution < -0.4 is 10.6 Å². The molecule has 0 bridgehead atoms. The second kappa shape index (κ2) is 5.69. The van der Waals surface area contributed by atoms with Crippen LogP contribution in [-0.2, 0) is 11.3 Å². The predicted octanol–water partition coefficient (Wildman–Crippen LogP) is 1.36. The second-order valence-corrected chi connectivity index (χ2v) is 5.45. The standard InChI is InChI=1S/C16H20N4O/c1-19-7-4-8-20(11-16(19)21)15-9-12(10-17)13-5-2-3-6-14(13)18-15/h2-3,5-6,9H,4,7-8,10-11,17H2,1H3. The van der Waals surface area contributed by atoms with Crippen LogP contribution in [0.3, 0.4) is 0 Å². The molecule has 1 aliphatic heterocycles. The molecule has 0 saturated carbocycles. The summed E-state index contributed by atoms with van der Waals surface area (Å²) in [6.07, 6.45) is 0.953. The number of likely N-dealkylation sites (N-methyl/N-ethyl adjacent to an activating group) is 1. The quantitative estimate of drug-likeness (QED) is 0.904. The van der Waals surface area contributed by atoms with E-state index in [1.165, 1.54) is 0 Å². The summed E-state index contributed by atoms with van der Waals surface area (Å²) in [5.74, 6) is 0.981. The zero-order valence-electron chi connectivity index (χ0n) is 12.2. The third-order valence-electron chi connectivity index (χ3n) is 4.01. The van der Waals surface area contributed by atoms with Crippen molar-refractivity contribution in [3.8, 4) is 0 Å². The van der Waals surface area contributed by atoms with Gasteiger partial charge in [0.05, 0.1) is 12.1 Å². The van der Waals surface area contributed by atoms with Gasteiger partial charge in [0.2, 0.25) is 5.91 Å². The number of carbonyl (C=O) groups excluding carboxylic acids is 1. The largest absolute Gasteiger partial charge is 0.347 e. The molecule has 2 N–H and O–H groups in total. The third kappa shape index (κ3) is 2.69. The Hall–Kier alpha value is -2.14. The number of nitrogens with two attached hydrogens (primary N) is 1. The maximum atomic E-state index is 12.0.